The standard InChI is InChI=1S/C11H17NO4/c1-11(2,3)16-12-8(10(14)15-4)6-5-7-9(12)13/h5,7-8H,6H2,1-4H3. The highest BCUT2D eigenvalue weighted by atomic mass is 16.7. The third kappa shape index (κ3) is 3.06. The van der Waals surface area contributed by atoms with Crippen molar-refractivity contribution in [2.75, 3.05) is 7.11 Å². The molecule has 0 N–H and O–H groups in total. The van der Waals surface area contributed by atoms with Crippen molar-refractivity contribution in [3.05, 3.63) is 12.2 Å². The first-order valence-corrected chi connectivity index (χ1v) is 5.12. The van der Waals surface area contributed by atoms with Crippen LogP contribution in [-0.2, 0) is 19.2 Å². The summed E-state index contributed by atoms with van der Waals surface area (Å²) in [5, 5.41) is 1.09. The summed E-state index contributed by atoms with van der Waals surface area (Å²) in [6, 6.07) is -0.693. The summed E-state index contributed by atoms with van der Waals surface area (Å²) < 4.78 is 4.64. The van der Waals surface area contributed by atoms with Gasteiger partial charge in [0.25, 0.3) is 5.91 Å². The third-order valence-electron chi connectivity index (χ3n) is 1.97. The molecule has 1 rings (SSSR count). The lowest BCUT2D eigenvalue weighted by molar-refractivity contribution is -0.242. The van der Waals surface area contributed by atoms with Gasteiger partial charge in [0.05, 0.1) is 12.7 Å². The van der Waals surface area contributed by atoms with E-state index in [1.165, 1.54) is 13.2 Å². The Balaban J connectivity index is 2.86. The Kier molecular flexibility index (Phi) is 3.70. The van der Waals surface area contributed by atoms with Crippen molar-refractivity contribution in [2.45, 2.75) is 38.8 Å². The van der Waals surface area contributed by atoms with Crippen LogP contribution < -0.4 is 0 Å². The molecule has 0 bridgehead atoms. The van der Waals surface area contributed by atoms with E-state index in [-0.39, 0.29) is 5.91 Å². The van der Waals surface area contributed by atoms with Crippen molar-refractivity contribution in [1.29, 1.82) is 0 Å². The van der Waals surface area contributed by atoms with Gasteiger partial charge < -0.3 is 4.74 Å². The maximum atomic E-state index is 11.6. The van der Waals surface area contributed by atoms with Crippen LogP contribution in [0.25, 0.3) is 0 Å². The molecule has 5 nitrogen and oxygen atoms in total. The summed E-state index contributed by atoms with van der Waals surface area (Å²) in [5.41, 5.74) is -0.535. The minimum Gasteiger partial charge on any atom is -0.467 e. The van der Waals surface area contributed by atoms with Crippen LogP contribution in [-0.4, -0.2) is 35.7 Å². The molecule has 0 aromatic rings. The summed E-state index contributed by atoms with van der Waals surface area (Å²) in [5.74, 6) is -0.807. The lowest BCUT2D eigenvalue weighted by atomic mass is 10.1. The zero-order valence-corrected chi connectivity index (χ0v) is 10.0. The van der Waals surface area contributed by atoms with Crippen LogP contribution in [0.5, 0.6) is 0 Å². The lowest BCUT2D eigenvalue weighted by Gasteiger charge is -2.34. The molecule has 0 saturated carbocycles. The lowest BCUT2D eigenvalue weighted by Crippen LogP contribution is -2.49. The van der Waals surface area contributed by atoms with Gasteiger partial charge in [0.2, 0.25) is 0 Å². The van der Waals surface area contributed by atoms with Gasteiger partial charge in [-0.2, -0.15) is 0 Å². The summed E-state index contributed by atoms with van der Waals surface area (Å²) in [6.45, 7) is 5.44. The van der Waals surface area contributed by atoms with Crippen LogP contribution in [0.1, 0.15) is 27.2 Å². The fourth-order valence-corrected chi connectivity index (χ4v) is 1.35. The summed E-state index contributed by atoms with van der Waals surface area (Å²) in [4.78, 5) is 28.5. The molecule has 0 aromatic carbocycles. The Morgan fingerprint density at radius 3 is 2.62 bits per heavy atom. The van der Waals surface area contributed by atoms with Gasteiger partial charge in [-0.1, -0.05) is 6.08 Å². The molecule has 0 spiro atoms. The molecule has 5 heteroatoms. The monoisotopic (exact) mass is 227 g/mol. The largest absolute Gasteiger partial charge is 0.467 e. The number of hydrogen-bond donors (Lipinski definition) is 0. The normalized spacial score (nSPS) is 21.1. The topological polar surface area (TPSA) is 55.8 Å². The van der Waals surface area contributed by atoms with E-state index in [4.69, 9.17) is 4.84 Å². The third-order valence-corrected chi connectivity index (χ3v) is 1.97. The zero-order valence-electron chi connectivity index (χ0n) is 10.0. The van der Waals surface area contributed by atoms with E-state index in [0.717, 1.165) is 5.06 Å². The van der Waals surface area contributed by atoms with Gasteiger partial charge in [-0.15, -0.1) is 0 Å². The summed E-state index contributed by atoms with van der Waals surface area (Å²) in [7, 11) is 1.29. The summed E-state index contributed by atoms with van der Waals surface area (Å²) in [6.07, 6.45) is 3.45. The van der Waals surface area contributed by atoms with Gasteiger partial charge in [0.1, 0.15) is 0 Å². The molecular weight excluding hydrogens is 210 g/mol. The number of ether oxygens (including phenoxy) is 1. The molecule has 1 unspecified atom stereocenters. The first kappa shape index (κ1) is 12.7. The van der Waals surface area contributed by atoms with E-state index in [0.29, 0.717) is 6.42 Å². The number of methoxy groups -OCH3 is 1. The number of esters is 1. The first-order valence-electron chi connectivity index (χ1n) is 5.12. The van der Waals surface area contributed by atoms with E-state index in [9.17, 15) is 9.59 Å². The van der Waals surface area contributed by atoms with E-state index in [1.807, 2.05) is 20.8 Å². The van der Waals surface area contributed by atoms with Crippen molar-refractivity contribution < 1.29 is 19.2 Å². The minimum atomic E-state index is -0.693. The minimum absolute atomic E-state index is 0.337. The number of rotatable bonds is 2. The number of carbonyl (C=O) groups excluding carboxylic acids is 2. The second-order valence-corrected chi connectivity index (χ2v) is 4.54. The second kappa shape index (κ2) is 4.65. The zero-order chi connectivity index (χ0) is 12.3. The SMILES string of the molecule is COC(=O)C1CC=CC(=O)N1OC(C)(C)C. The Labute approximate surface area is 95.0 Å². The Morgan fingerprint density at radius 1 is 1.50 bits per heavy atom. The van der Waals surface area contributed by atoms with Gasteiger partial charge in [0.15, 0.2) is 6.04 Å². The molecule has 0 fully saturated rings. The fourth-order valence-electron chi connectivity index (χ4n) is 1.35. The van der Waals surface area contributed by atoms with Crippen molar-refractivity contribution in [3.8, 4) is 0 Å². The van der Waals surface area contributed by atoms with E-state index >= 15 is 0 Å². The molecule has 0 radical (unpaired) electrons. The van der Waals surface area contributed by atoms with Gasteiger partial charge in [0, 0.05) is 6.08 Å². The van der Waals surface area contributed by atoms with Crippen LogP contribution in [0.2, 0.25) is 0 Å². The fraction of sp³-hybridized carbons (Fsp3) is 0.636. The maximum absolute atomic E-state index is 11.6. The van der Waals surface area contributed by atoms with Gasteiger partial charge in [-0.3, -0.25) is 9.63 Å². The van der Waals surface area contributed by atoms with Crippen molar-refractivity contribution in [3.63, 3.8) is 0 Å². The number of nitrogens with zero attached hydrogens (tertiary/aromatic N) is 1. The second-order valence-electron chi connectivity index (χ2n) is 4.54. The number of hydrogen-bond acceptors (Lipinski definition) is 4. The molecule has 16 heavy (non-hydrogen) atoms. The Hall–Kier alpha value is -1.36. The molecule has 0 aromatic heterocycles. The highest BCUT2D eigenvalue weighted by Gasteiger charge is 2.35. The van der Waals surface area contributed by atoms with Gasteiger partial charge >= 0.3 is 5.97 Å². The van der Waals surface area contributed by atoms with Gasteiger partial charge in [-0.25, -0.2) is 9.86 Å². The molecular formula is C11H17NO4. The average Bonchev–Trinajstić information content (AvgIpc) is 2.18. The molecule has 1 amide bonds. The Bertz CT molecular complexity index is 316. The van der Waals surface area contributed by atoms with E-state index in [2.05, 4.69) is 4.74 Å². The molecule has 1 aliphatic heterocycles. The molecule has 1 aliphatic rings. The maximum Gasteiger partial charge on any atom is 0.331 e. The first-order chi connectivity index (χ1) is 7.35. The number of hydroxylamine groups is 2. The molecule has 90 valence electrons. The Morgan fingerprint density at radius 2 is 2.12 bits per heavy atom. The van der Waals surface area contributed by atoms with E-state index < -0.39 is 17.6 Å². The van der Waals surface area contributed by atoms with Crippen molar-refractivity contribution in [2.24, 2.45) is 0 Å². The highest BCUT2D eigenvalue weighted by molar-refractivity contribution is 5.92. The van der Waals surface area contributed by atoms with Gasteiger partial charge in [-0.05, 0) is 27.2 Å². The average molecular weight is 227 g/mol. The van der Waals surface area contributed by atoms with Crippen LogP contribution in [0.4, 0.5) is 0 Å². The predicted molar refractivity (Wildman–Crippen MR) is 57.2 cm³/mol. The highest BCUT2D eigenvalue weighted by Crippen LogP contribution is 2.19. The van der Waals surface area contributed by atoms with Crippen LogP contribution >= 0.6 is 0 Å². The van der Waals surface area contributed by atoms with Crippen LogP contribution in [0, 0.1) is 0 Å². The molecule has 0 saturated heterocycles. The smallest absolute Gasteiger partial charge is 0.331 e. The number of amides is 1. The summed E-state index contributed by atoms with van der Waals surface area (Å²) >= 11 is 0. The number of carbonyl (C=O) groups is 2. The van der Waals surface area contributed by atoms with E-state index in [1.54, 1.807) is 6.08 Å². The van der Waals surface area contributed by atoms with Crippen molar-refractivity contribution in [1.82, 2.24) is 5.06 Å². The van der Waals surface area contributed by atoms with Crippen molar-refractivity contribution >= 4 is 11.9 Å². The molecule has 1 heterocycles. The predicted octanol–water partition coefficient (Wildman–Crippen LogP) is 1.05. The van der Waals surface area contributed by atoms with Crippen LogP contribution in [0.15, 0.2) is 12.2 Å². The van der Waals surface area contributed by atoms with Crippen LogP contribution in [0.3, 0.4) is 0 Å². The quantitative estimate of drug-likeness (QED) is 0.661. The molecule has 1 atom stereocenters. The molecule has 0 aliphatic carbocycles.